The topological polar surface area (TPSA) is 49.4 Å². The SMILES string of the molecule is CC[C@@H](C)NC(=O)[C@H](Cc1ccccc1)N(Cc1ccc(Cl)cc1)C(=O)Cc1cccc(C)c1. The van der Waals surface area contributed by atoms with E-state index in [1.165, 1.54) is 0 Å². The van der Waals surface area contributed by atoms with Crippen LogP contribution in [0.15, 0.2) is 78.9 Å². The molecular weight excluding hydrogens is 444 g/mol. The van der Waals surface area contributed by atoms with Gasteiger partial charge in [-0.3, -0.25) is 9.59 Å². The Morgan fingerprint density at radius 3 is 2.24 bits per heavy atom. The zero-order valence-corrected chi connectivity index (χ0v) is 20.9. The highest BCUT2D eigenvalue weighted by atomic mass is 35.5. The van der Waals surface area contributed by atoms with Gasteiger partial charge in [-0.2, -0.15) is 0 Å². The van der Waals surface area contributed by atoms with Crippen molar-refractivity contribution in [3.05, 3.63) is 106 Å². The van der Waals surface area contributed by atoms with Crippen LogP contribution in [0.5, 0.6) is 0 Å². The summed E-state index contributed by atoms with van der Waals surface area (Å²) in [6.07, 6.45) is 1.49. The third-order valence-electron chi connectivity index (χ3n) is 5.98. The van der Waals surface area contributed by atoms with Crippen molar-refractivity contribution in [2.24, 2.45) is 0 Å². The summed E-state index contributed by atoms with van der Waals surface area (Å²) >= 11 is 6.08. The molecule has 0 spiro atoms. The third-order valence-corrected chi connectivity index (χ3v) is 6.23. The third kappa shape index (κ3) is 7.46. The lowest BCUT2D eigenvalue weighted by Gasteiger charge is -2.32. The van der Waals surface area contributed by atoms with Crippen LogP contribution in [0.25, 0.3) is 0 Å². The lowest BCUT2D eigenvalue weighted by Crippen LogP contribution is -2.52. The van der Waals surface area contributed by atoms with E-state index in [1.54, 1.807) is 4.90 Å². The van der Waals surface area contributed by atoms with E-state index in [1.807, 2.05) is 99.6 Å². The van der Waals surface area contributed by atoms with Crippen molar-refractivity contribution in [1.29, 1.82) is 0 Å². The largest absolute Gasteiger partial charge is 0.352 e. The summed E-state index contributed by atoms with van der Waals surface area (Å²) in [5, 5.41) is 3.74. The Morgan fingerprint density at radius 2 is 1.59 bits per heavy atom. The van der Waals surface area contributed by atoms with E-state index in [0.29, 0.717) is 18.0 Å². The molecule has 34 heavy (non-hydrogen) atoms. The molecule has 3 rings (SSSR count). The highest BCUT2D eigenvalue weighted by Gasteiger charge is 2.31. The minimum absolute atomic E-state index is 0.0232. The highest BCUT2D eigenvalue weighted by Crippen LogP contribution is 2.18. The van der Waals surface area contributed by atoms with Crippen molar-refractivity contribution in [2.45, 2.75) is 58.7 Å². The summed E-state index contributed by atoms with van der Waals surface area (Å²) in [5.41, 5.74) is 3.98. The molecule has 3 aromatic carbocycles. The van der Waals surface area contributed by atoms with E-state index in [0.717, 1.165) is 28.7 Å². The van der Waals surface area contributed by atoms with Gasteiger partial charge in [0.15, 0.2) is 0 Å². The average molecular weight is 477 g/mol. The second-order valence-corrected chi connectivity index (χ2v) is 9.27. The normalized spacial score (nSPS) is 12.6. The van der Waals surface area contributed by atoms with Gasteiger partial charge in [0, 0.05) is 24.0 Å². The summed E-state index contributed by atoms with van der Waals surface area (Å²) in [5.74, 6) is -0.217. The molecule has 178 valence electrons. The second kappa shape index (κ2) is 12.4. The summed E-state index contributed by atoms with van der Waals surface area (Å²) in [4.78, 5) is 28.9. The highest BCUT2D eigenvalue weighted by molar-refractivity contribution is 6.30. The maximum atomic E-state index is 13.7. The van der Waals surface area contributed by atoms with Crippen molar-refractivity contribution >= 4 is 23.4 Å². The fourth-order valence-electron chi connectivity index (χ4n) is 3.88. The number of carbonyl (C=O) groups is 2. The first-order valence-electron chi connectivity index (χ1n) is 11.8. The standard InChI is InChI=1S/C29H33ClN2O2/c1-4-22(3)31-29(34)27(18-23-10-6-5-7-11-23)32(20-24-13-15-26(30)16-14-24)28(33)19-25-12-8-9-21(2)17-25/h5-17,22,27H,4,18-20H2,1-3H3,(H,31,34)/t22-,27+/m1/s1. The van der Waals surface area contributed by atoms with E-state index in [4.69, 9.17) is 11.6 Å². The number of aryl methyl sites for hydroxylation is 1. The van der Waals surface area contributed by atoms with Gasteiger partial charge < -0.3 is 10.2 Å². The molecule has 0 saturated carbocycles. The first-order chi connectivity index (χ1) is 16.4. The Labute approximate surface area is 207 Å². The van der Waals surface area contributed by atoms with Crippen molar-refractivity contribution in [3.63, 3.8) is 0 Å². The maximum Gasteiger partial charge on any atom is 0.243 e. The van der Waals surface area contributed by atoms with E-state index >= 15 is 0 Å². The van der Waals surface area contributed by atoms with Gasteiger partial charge in [0.2, 0.25) is 11.8 Å². The predicted octanol–water partition coefficient (Wildman–Crippen LogP) is 5.75. The molecule has 2 atom stereocenters. The van der Waals surface area contributed by atoms with E-state index in [-0.39, 0.29) is 24.3 Å². The first-order valence-corrected chi connectivity index (χ1v) is 12.2. The number of carbonyl (C=O) groups excluding carboxylic acids is 2. The smallest absolute Gasteiger partial charge is 0.243 e. The molecule has 1 N–H and O–H groups in total. The van der Waals surface area contributed by atoms with Crippen LogP contribution in [-0.4, -0.2) is 28.8 Å². The minimum atomic E-state index is -0.635. The van der Waals surface area contributed by atoms with E-state index < -0.39 is 6.04 Å². The molecule has 4 nitrogen and oxygen atoms in total. The van der Waals surface area contributed by atoms with Gasteiger partial charge >= 0.3 is 0 Å². The number of halogens is 1. The van der Waals surface area contributed by atoms with Gasteiger partial charge in [-0.15, -0.1) is 0 Å². The van der Waals surface area contributed by atoms with Crippen molar-refractivity contribution < 1.29 is 9.59 Å². The molecule has 5 heteroatoms. The zero-order valence-electron chi connectivity index (χ0n) is 20.1. The van der Waals surface area contributed by atoms with Crippen LogP contribution >= 0.6 is 11.6 Å². The van der Waals surface area contributed by atoms with E-state index in [2.05, 4.69) is 5.32 Å². The van der Waals surface area contributed by atoms with Crippen LogP contribution in [0.4, 0.5) is 0 Å². The van der Waals surface area contributed by atoms with Gasteiger partial charge in [-0.1, -0.05) is 90.8 Å². The second-order valence-electron chi connectivity index (χ2n) is 8.84. The molecule has 0 bridgehead atoms. The monoisotopic (exact) mass is 476 g/mol. The van der Waals surface area contributed by atoms with Crippen LogP contribution in [0, 0.1) is 6.92 Å². The van der Waals surface area contributed by atoms with Crippen LogP contribution in [0.1, 0.15) is 42.5 Å². The number of hydrogen-bond donors (Lipinski definition) is 1. The van der Waals surface area contributed by atoms with Crippen LogP contribution < -0.4 is 5.32 Å². The Balaban J connectivity index is 1.96. The quantitative estimate of drug-likeness (QED) is 0.405. The average Bonchev–Trinajstić information content (AvgIpc) is 2.83. The number of benzene rings is 3. The first kappa shape index (κ1) is 25.5. The van der Waals surface area contributed by atoms with Gasteiger partial charge in [-0.25, -0.2) is 0 Å². The molecule has 0 aromatic heterocycles. The fourth-order valence-corrected chi connectivity index (χ4v) is 4.01. The lowest BCUT2D eigenvalue weighted by molar-refractivity contribution is -0.141. The number of nitrogens with one attached hydrogen (secondary N) is 1. The summed E-state index contributed by atoms with van der Waals surface area (Å²) in [6, 6.07) is 24.6. The van der Waals surface area contributed by atoms with Gasteiger partial charge in [0.1, 0.15) is 6.04 Å². The summed E-state index contributed by atoms with van der Waals surface area (Å²) < 4.78 is 0. The van der Waals surface area contributed by atoms with Gasteiger partial charge in [0.25, 0.3) is 0 Å². The van der Waals surface area contributed by atoms with Crippen LogP contribution in [0.3, 0.4) is 0 Å². The number of nitrogens with zero attached hydrogens (tertiary/aromatic N) is 1. The zero-order chi connectivity index (χ0) is 24.5. The van der Waals surface area contributed by atoms with Gasteiger partial charge in [-0.05, 0) is 49.1 Å². The number of rotatable bonds is 10. The molecule has 2 amide bonds. The predicted molar refractivity (Wildman–Crippen MR) is 139 cm³/mol. The molecule has 0 aliphatic heterocycles. The Kier molecular flexibility index (Phi) is 9.29. The van der Waals surface area contributed by atoms with E-state index in [9.17, 15) is 9.59 Å². The number of hydrogen-bond acceptors (Lipinski definition) is 2. The Hall–Kier alpha value is -3.11. The molecule has 0 aliphatic rings. The summed E-state index contributed by atoms with van der Waals surface area (Å²) in [7, 11) is 0. The molecule has 0 aliphatic carbocycles. The maximum absolute atomic E-state index is 13.7. The number of amides is 2. The minimum Gasteiger partial charge on any atom is -0.352 e. The lowest BCUT2D eigenvalue weighted by atomic mass is 10.0. The molecule has 0 heterocycles. The Bertz CT molecular complexity index is 1080. The Morgan fingerprint density at radius 1 is 0.912 bits per heavy atom. The fraction of sp³-hybridized carbons (Fsp3) is 0.310. The molecule has 0 unspecified atom stereocenters. The molecule has 0 fully saturated rings. The molecule has 0 saturated heterocycles. The summed E-state index contributed by atoms with van der Waals surface area (Å²) in [6.45, 7) is 6.35. The molecule has 0 radical (unpaired) electrons. The van der Waals surface area contributed by atoms with Crippen molar-refractivity contribution in [3.8, 4) is 0 Å². The van der Waals surface area contributed by atoms with Crippen LogP contribution in [-0.2, 0) is 29.0 Å². The van der Waals surface area contributed by atoms with Gasteiger partial charge in [0.05, 0.1) is 6.42 Å². The van der Waals surface area contributed by atoms with Crippen molar-refractivity contribution in [2.75, 3.05) is 0 Å². The van der Waals surface area contributed by atoms with Crippen molar-refractivity contribution in [1.82, 2.24) is 10.2 Å². The van der Waals surface area contributed by atoms with Crippen LogP contribution in [0.2, 0.25) is 5.02 Å². The molecule has 3 aromatic rings. The molecular formula is C29H33ClN2O2.